The van der Waals surface area contributed by atoms with Crippen molar-refractivity contribution in [1.29, 1.82) is 0 Å². The number of fused-ring (bicyclic) bond motifs is 1. The quantitative estimate of drug-likeness (QED) is 0.803. The molecule has 3 saturated carbocycles. The summed E-state index contributed by atoms with van der Waals surface area (Å²) in [7, 11) is 1.69. The van der Waals surface area contributed by atoms with Gasteiger partial charge in [-0.05, 0) is 24.5 Å². The minimum Gasteiger partial charge on any atom is -0.383 e. The number of nitrogens with two attached hydrogens (primary N) is 1. The minimum atomic E-state index is -4.54. The molecule has 0 radical (unpaired) electrons. The van der Waals surface area contributed by atoms with Gasteiger partial charge in [0.15, 0.2) is 0 Å². The van der Waals surface area contributed by atoms with Gasteiger partial charge in [-0.25, -0.2) is 9.97 Å². The maximum atomic E-state index is 13.3. The second-order valence-electron chi connectivity index (χ2n) is 8.35. The molecule has 0 aromatic carbocycles. The number of nitrogen functional groups attached to an aromatic ring is 1. The summed E-state index contributed by atoms with van der Waals surface area (Å²) in [6.45, 7) is 1.52. The number of imidazole rings is 1. The van der Waals surface area contributed by atoms with E-state index >= 15 is 0 Å². The lowest BCUT2D eigenvalue weighted by atomic mass is 10.1. The summed E-state index contributed by atoms with van der Waals surface area (Å²) in [6, 6.07) is 1.47. The van der Waals surface area contributed by atoms with Crippen LogP contribution in [0.2, 0.25) is 0 Å². The Kier molecular flexibility index (Phi) is 3.18. The summed E-state index contributed by atoms with van der Waals surface area (Å²) in [4.78, 5) is 10.9. The average molecular weight is 403 g/mol. The maximum absolute atomic E-state index is 13.3. The Labute approximate surface area is 165 Å². The number of alkyl halides is 3. The summed E-state index contributed by atoms with van der Waals surface area (Å²) in [5, 5.41) is 0. The van der Waals surface area contributed by atoms with Gasteiger partial charge < -0.3 is 19.9 Å². The molecule has 5 aliphatic rings. The van der Waals surface area contributed by atoms with Crippen LogP contribution in [0.3, 0.4) is 0 Å². The van der Waals surface area contributed by atoms with Gasteiger partial charge in [-0.3, -0.25) is 0 Å². The molecule has 3 fully saturated rings. The van der Waals surface area contributed by atoms with Crippen LogP contribution in [0.15, 0.2) is 30.2 Å². The van der Waals surface area contributed by atoms with Crippen molar-refractivity contribution < 1.29 is 17.9 Å². The van der Waals surface area contributed by atoms with Crippen LogP contribution in [0.1, 0.15) is 30.1 Å². The third-order valence-electron chi connectivity index (χ3n) is 6.66. The van der Waals surface area contributed by atoms with Crippen LogP contribution in [0.4, 0.5) is 19.0 Å². The number of ether oxygens (including phenoxy) is 1. The second kappa shape index (κ2) is 5.33. The first kappa shape index (κ1) is 17.3. The Balaban J connectivity index is 1.37. The fourth-order valence-electron chi connectivity index (χ4n) is 5.00. The molecule has 152 valence electrons. The Morgan fingerprint density at radius 3 is 2.79 bits per heavy atom. The highest BCUT2D eigenvalue weighted by Crippen LogP contribution is 2.83. The van der Waals surface area contributed by atoms with Gasteiger partial charge in [0.05, 0.1) is 29.4 Å². The highest BCUT2D eigenvalue weighted by Gasteiger charge is 2.90. The van der Waals surface area contributed by atoms with E-state index in [1.165, 1.54) is 11.8 Å². The molecule has 2 aliphatic heterocycles. The molecule has 2 N–H and O–H groups in total. The van der Waals surface area contributed by atoms with Crippen molar-refractivity contribution in [2.24, 2.45) is 5.92 Å². The molecule has 1 unspecified atom stereocenters. The van der Waals surface area contributed by atoms with Gasteiger partial charge in [0.25, 0.3) is 0 Å². The van der Waals surface area contributed by atoms with Gasteiger partial charge in [0.2, 0.25) is 0 Å². The van der Waals surface area contributed by atoms with Crippen LogP contribution < -0.4 is 5.73 Å². The number of rotatable bonds is 6. The van der Waals surface area contributed by atoms with E-state index in [4.69, 9.17) is 15.5 Å². The number of anilines is 1. The highest BCUT2D eigenvalue weighted by atomic mass is 19.4. The van der Waals surface area contributed by atoms with E-state index in [9.17, 15) is 13.2 Å². The number of hydrogen-bond donors (Lipinski definition) is 1. The van der Waals surface area contributed by atoms with E-state index in [2.05, 4.69) is 20.7 Å². The minimum absolute atomic E-state index is 0.0367. The van der Waals surface area contributed by atoms with Crippen LogP contribution in [0.25, 0.3) is 11.3 Å². The van der Waals surface area contributed by atoms with E-state index < -0.39 is 17.6 Å². The molecule has 3 atom stereocenters. The number of pyridine rings is 1. The summed E-state index contributed by atoms with van der Waals surface area (Å²) in [6.07, 6.45) is 3.11. The third-order valence-corrected chi connectivity index (χ3v) is 6.66. The lowest BCUT2D eigenvalue weighted by Gasteiger charge is -2.19. The summed E-state index contributed by atoms with van der Waals surface area (Å²) >= 11 is 0. The Morgan fingerprint density at radius 2 is 2.14 bits per heavy atom. The van der Waals surface area contributed by atoms with E-state index in [0.717, 1.165) is 31.3 Å². The van der Waals surface area contributed by atoms with Crippen molar-refractivity contribution in [2.75, 3.05) is 26.0 Å². The van der Waals surface area contributed by atoms with E-state index in [-0.39, 0.29) is 5.54 Å². The second-order valence-corrected chi connectivity index (χ2v) is 8.35. The predicted molar refractivity (Wildman–Crippen MR) is 98.8 cm³/mol. The first-order valence-corrected chi connectivity index (χ1v) is 9.77. The number of nitrogens with zero attached hydrogens (tertiary/aromatic N) is 4. The molecular formula is C20H20F3N5O. The molecule has 7 rings (SSSR count). The first-order valence-electron chi connectivity index (χ1n) is 9.77. The zero-order valence-electron chi connectivity index (χ0n) is 15.8. The topological polar surface area (TPSA) is 69.2 Å². The number of methoxy groups -OCH3 is 1. The van der Waals surface area contributed by atoms with Gasteiger partial charge in [-0.15, -0.1) is 0 Å². The van der Waals surface area contributed by atoms with Crippen LogP contribution >= 0.6 is 0 Å². The normalized spacial score (nSPS) is 29.1. The standard InChI is InChI=1S/C20H20F3N5O/c1-29-5-4-27-8-13-15-16(27)19(13,15)28-9-14(26-18(28)10-2-3-10)11-6-12(20(21,22)23)17(24)25-7-11/h6-10,15-16H,2-5H2,1H3,(H2,24,25)/t15-,16?,19-/m1/s1. The van der Waals surface area contributed by atoms with Gasteiger partial charge in [0, 0.05) is 49.6 Å². The molecule has 4 heterocycles. The Bertz CT molecular complexity index is 1060. The lowest BCUT2D eigenvalue weighted by Crippen LogP contribution is -2.28. The van der Waals surface area contributed by atoms with Crippen molar-refractivity contribution in [3.05, 3.63) is 41.6 Å². The fraction of sp³-hybridized carbons (Fsp3) is 0.500. The molecule has 0 spiro atoms. The number of aromatic nitrogens is 3. The lowest BCUT2D eigenvalue weighted by molar-refractivity contribution is -0.137. The van der Waals surface area contributed by atoms with Crippen LogP contribution in [0.5, 0.6) is 0 Å². The van der Waals surface area contributed by atoms with Crippen molar-refractivity contribution in [3.8, 4) is 11.3 Å². The van der Waals surface area contributed by atoms with Crippen molar-refractivity contribution in [2.45, 2.75) is 36.5 Å². The van der Waals surface area contributed by atoms with Crippen molar-refractivity contribution in [3.63, 3.8) is 0 Å². The molecule has 9 heteroatoms. The largest absolute Gasteiger partial charge is 0.419 e. The van der Waals surface area contributed by atoms with Crippen LogP contribution in [-0.2, 0) is 16.5 Å². The SMILES string of the molecule is COCCN1C=C2[C@@H]3C1[C@@]23n1cc(-c2cnc(N)c(C(F)(F)F)c2)nc1C1CC1. The molecule has 29 heavy (non-hydrogen) atoms. The van der Waals surface area contributed by atoms with Gasteiger partial charge in [-0.1, -0.05) is 0 Å². The molecule has 3 aliphatic carbocycles. The zero-order valence-corrected chi connectivity index (χ0v) is 15.8. The average Bonchev–Trinajstić information content (AvgIpc) is 3.62. The zero-order chi connectivity index (χ0) is 20.1. The first-order chi connectivity index (χ1) is 13.9. The van der Waals surface area contributed by atoms with E-state index in [1.807, 2.05) is 6.20 Å². The highest BCUT2D eigenvalue weighted by molar-refractivity contribution is 5.68. The van der Waals surface area contributed by atoms with E-state index in [1.54, 1.807) is 7.11 Å². The van der Waals surface area contributed by atoms with E-state index in [0.29, 0.717) is 35.7 Å². The smallest absolute Gasteiger partial charge is 0.383 e. The number of hydrogen-bond acceptors (Lipinski definition) is 5. The molecule has 2 aromatic rings. The summed E-state index contributed by atoms with van der Waals surface area (Å²) in [5.74, 6) is 1.36. The van der Waals surface area contributed by atoms with Gasteiger partial charge in [0.1, 0.15) is 11.6 Å². The molecule has 0 amide bonds. The maximum Gasteiger partial charge on any atom is 0.419 e. The summed E-state index contributed by atoms with van der Waals surface area (Å²) in [5.41, 5.74) is 6.77. The number of halogens is 3. The molecular weight excluding hydrogens is 383 g/mol. The van der Waals surface area contributed by atoms with Gasteiger partial charge in [-0.2, -0.15) is 13.2 Å². The summed E-state index contributed by atoms with van der Waals surface area (Å²) < 4.78 is 47.2. The Morgan fingerprint density at radius 1 is 1.34 bits per heavy atom. The third kappa shape index (κ3) is 2.22. The van der Waals surface area contributed by atoms with Crippen LogP contribution in [-0.4, -0.2) is 45.7 Å². The van der Waals surface area contributed by atoms with Crippen LogP contribution in [0, 0.1) is 5.92 Å². The fourth-order valence-corrected chi connectivity index (χ4v) is 5.00. The van der Waals surface area contributed by atoms with Crippen molar-refractivity contribution >= 4 is 5.82 Å². The monoisotopic (exact) mass is 403 g/mol. The molecule has 6 nitrogen and oxygen atoms in total. The Hall–Kier alpha value is -2.55. The predicted octanol–water partition coefficient (Wildman–Crippen LogP) is 2.98. The molecule has 2 aromatic heterocycles. The molecule has 0 saturated heterocycles. The van der Waals surface area contributed by atoms with Crippen molar-refractivity contribution in [1.82, 2.24) is 19.4 Å². The van der Waals surface area contributed by atoms with Gasteiger partial charge >= 0.3 is 6.18 Å². The molecule has 2 bridgehead atoms.